The minimum atomic E-state index is -0.755. The molecule has 9 nitrogen and oxygen atoms in total. The monoisotopic (exact) mass is 482 g/mol. The molecule has 0 amide bonds. The summed E-state index contributed by atoms with van der Waals surface area (Å²) in [5, 5.41) is -0.466. The second-order valence-electron chi connectivity index (χ2n) is 7.21. The molecule has 0 saturated heterocycles. The average molecular weight is 483 g/mol. The smallest absolute Gasteiger partial charge is 0.373 e. The lowest BCUT2D eigenvalue weighted by Crippen LogP contribution is -2.32. The molecule has 0 saturated carbocycles. The zero-order valence-corrected chi connectivity index (χ0v) is 19.0. The van der Waals surface area contributed by atoms with Gasteiger partial charge in [-0.05, 0) is 59.8 Å². The molecule has 0 spiro atoms. The van der Waals surface area contributed by atoms with Gasteiger partial charge in [-0.3, -0.25) is 14.3 Å². The third-order valence-electron chi connectivity index (χ3n) is 4.96. The highest BCUT2D eigenvalue weighted by molar-refractivity contribution is 8.13. The highest BCUT2D eigenvalue weighted by Crippen LogP contribution is 2.30. The van der Waals surface area contributed by atoms with Crippen LogP contribution in [0, 0.1) is 0 Å². The number of nitrogens with zero attached hydrogens (tertiary/aromatic N) is 1. The fraction of sp³-hybridized carbons (Fsp3) is 0.208. The molecule has 176 valence electrons. The van der Waals surface area contributed by atoms with E-state index in [9.17, 15) is 14.4 Å². The van der Waals surface area contributed by atoms with Gasteiger partial charge < -0.3 is 18.9 Å². The second kappa shape index (κ2) is 10.9. The lowest BCUT2D eigenvalue weighted by molar-refractivity contribution is -0.00866. The van der Waals surface area contributed by atoms with E-state index in [1.54, 1.807) is 61.7 Å². The van der Waals surface area contributed by atoms with E-state index in [-0.39, 0.29) is 12.4 Å². The summed E-state index contributed by atoms with van der Waals surface area (Å²) >= 11 is 0.976. The zero-order valence-electron chi connectivity index (χ0n) is 18.2. The van der Waals surface area contributed by atoms with Gasteiger partial charge >= 0.3 is 11.0 Å². The maximum atomic E-state index is 12.3. The Hall–Kier alpha value is -3.76. The molecule has 0 aliphatic carbocycles. The molecule has 0 radical (unpaired) electrons. The molecule has 34 heavy (non-hydrogen) atoms. The summed E-state index contributed by atoms with van der Waals surface area (Å²) in [6.45, 7) is 0.154. The van der Waals surface area contributed by atoms with Crippen molar-refractivity contribution in [3.63, 3.8) is 0 Å². The summed E-state index contributed by atoms with van der Waals surface area (Å²) in [5.74, 6) is 2.05. The van der Waals surface area contributed by atoms with Gasteiger partial charge in [-0.15, -0.1) is 0 Å². The van der Waals surface area contributed by atoms with Crippen molar-refractivity contribution >= 4 is 17.1 Å². The molecule has 10 heteroatoms. The van der Waals surface area contributed by atoms with Crippen LogP contribution >= 0.6 is 11.8 Å². The first-order chi connectivity index (χ1) is 16.5. The number of thioether (sulfide) groups is 1. The van der Waals surface area contributed by atoms with Crippen LogP contribution in [-0.4, -0.2) is 40.4 Å². The molecule has 1 aliphatic rings. The van der Waals surface area contributed by atoms with E-state index in [0.29, 0.717) is 17.2 Å². The maximum Gasteiger partial charge on any atom is 0.373 e. The quantitative estimate of drug-likeness (QED) is 0.385. The molecular formula is C24H22N2O7S. The van der Waals surface area contributed by atoms with E-state index in [2.05, 4.69) is 4.98 Å². The van der Waals surface area contributed by atoms with Crippen LogP contribution in [0.25, 0.3) is 0 Å². The van der Waals surface area contributed by atoms with Crippen molar-refractivity contribution < 1.29 is 23.7 Å². The van der Waals surface area contributed by atoms with Crippen molar-refractivity contribution in [2.45, 2.75) is 12.3 Å². The van der Waals surface area contributed by atoms with Crippen molar-refractivity contribution in [3.8, 4) is 17.2 Å². The van der Waals surface area contributed by atoms with E-state index in [1.165, 1.54) is 16.8 Å². The molecule has 2 heterocycles. The number of hydrogen-bond acceptors (Lipinski definition) is 8. The van der Waals surface area contributed by atoms with E-state index >= 15 is 0 Å². The van der Waals surface area contributed by atoms with Crippen LogP contribution in [0.5, 0.6) is 17.2 Å². The Morgan fingerprint density at radius 2 is 1.76 bits per heavy atom. The van der Waals surface area contributed by atoms with Crippen LogP contribution in [0.3, 0.4) is 0 Å². The molecule has 1 aromatic heterocycles. The summed E-state index contributed by atoms with van der Waals surface area (Å²) in [6.07, 6.45) is 1.83. The van der Waals surface area contributed by atoms with E-state index in [0.717, 1.165) is 17.3 Å². The summed E-state index contributed by atoms with van der Waals surface area (Å²) in [6, 6.07) is 17.1. The zero-order chi connectivity index (χ0) is 23.9. The topological polar surface area (TPSA) is 109 Å². The maximum absolute atomic E-state index is 12.3. The van der Waals surface area contributed by atoms with Crippen LogP contribution in [0.1, 0.15) is 6.23 Å². The van der Waals surface area contributed by atoms with Gasteiger partial charge in [0.2, 0.25) is 0 Å². The first-order valence-corrected chi connectivity index (χ1v) is 11.3. The van der Waals surface area contributed by atoms with Gasteiger partial charge in [-0.1, -0.05) is 18.2 Å². The fourth-order valence-corrected chi connectivity index (χ4v) is 3.97. The van der Waals surface area contributed by atoms with Crippen LogP contribution in [0.15, 0.2) is 88.1 Å². The van der Waals surface area contributed by atoms with Crippen LogP contribution in [0.4, 0.5) is 4.79 Å². The molecule has 0 unspecified atom stereocenters. The number of carbonyl (C=O) groups is 1. The summed E-state index contributed by atoms with van der Waals surface area (Å²) < 4.78 is 23.6. The molecule has 0 bridgehead atoms. The number of hydrogen-bond donors (Lipinski definition) is 1. The Morgan fingerprint density at radius 3 is 2.47 bits per heavy atom. The van der Waals surface area contributed by atoms with E-state index in [4.69, 9.17) is 18.9 Å². The second-order valence-corrected chi connectivity index (χ2v) is 8.13. The number of ether oxygens (including phenoxy) is 4. The van der Waals surface area contributed by atoms with Crippen molar-refractivity contribution in [1.82, 2.24) is 9.55 Å². The Labute approximate surface area is 198 Å². The standard InChI is InChI=1S/C24H22N2O7S/c1-30-17-7-9-18(10-8-17)31-14-20-16(15-34-24(29)32-19-5-3-2-4-6-19)13-22(33-20)26-12-11-21(27)25-23(26)28/h2-13,20,22H,14-15H2,1H3,(H,25,27,28)/t20-,22-/m1/s1. The van der Waals surface area contributed by atoms with Crippen molar-refractivity contribution in [2.75, 3.05) is 19.5 Å². The predicted molar refractivity (Wildman–Crippen MR) is 127 cm³/mol. The number of H-pyrrole nitrogens is 1. The lowest BCUT2D eigenvalue weighted by atomic mass is 10.2. The molecule has 3 aromatic rings. The third kappa shape index (κ3) is 5.97. The molecule has 2 atom stereocenters. The van der Waals surface area contributed by atoms with Gasteiger partial charge in [0.05, 0.1) is 7.11 Å². The van der Waals surface area contributed by atoms with Crippen LogP contribution in [0.2, 0.25) is 0 Å². The molecule has 4 rings (SSSR count). The van der Waals surface area contributed by atoms with Gasteiger partial charge in [-0.2, -0.15) is 0 Å². The normalized spacial score (nSPS) is 17.1. The minimum absolute atomic E-state index is 0.154. The summed E-state index contributed by atoms with van der Waals surface area (Å²) in [7, 11) is 1.58. The fourth-order valence-electron chi connectivity index (χ4n) is 3.25. The van der Waals surface area contributed by atoms with Gasteiger partial charge in [0.25, 0.3) is 5.56 Å². The van der Waals surface area contributed by atoms with Gasteiger partial charge in [0.1, 0.15) is 30.0 Å². The van der Waals surface area contributed by atoms with Gasteiger partial charge in [0.15, 0.2) is 6.23 Å². The summed E-state index contributed by atoms with van der Waals surface area (Å²) in [5.41, 5.74) is -0.338. The highest BCUT2D eigenvalue weighted by Gasteiger charge is 2.30. The number of para-hydroxylation sites is 1. The number of methoxy groups -OCH3 is 1. The molecule has 2 aromatic carbocycles. The molecular weight excluding hydrogens is 460 g/mol. The average Bonchev–Trinajstić information content (AvgIpc) is 3.25. The predicted octanol–water partition coefficient (Wildman–Crippen LogP) is 3.38. The van der Waals surface area contributed by atoms with Gasteiger partial charge in [0, 0.05) is 18.0 Å². The Bertz CT molecular complexity index is 1270. The molecule has 1 N–H and O–H groups in total. The van der Waals surface area contributed by atoms with Crippen LogP contribution in [-0.2, 0) is 4.74 Å². The molecule has 0 fully saturated rings. The first-order valence-electron chi connectivity index (χ1n) is 10.4. The third-order valence-corrected chi connectivity index (χ3v) is 5.76. The van der Waals surface area contributed by atoms with E-state index in [1.807, 2.05) is 6.07 Å². The van der Waals surface area contributed by atoms with Crippen molar-refractivity contribution in [1.29, 1.82) is 0 Å². The number of carbonyl (C=O) groups excluding carboxylic acids is 1. The highest BCUT2D eigenvalue weighted by atomic mass is 32.2. The Kier molecular flexibility index (Phi) is 7.51. The number of aromatic amines is 1. The number of benzene rings is 2. The van der Waals surface area contributed by atoms with E-state index < -0.39 is 28.9 Å². The van der Waals surface area contributed by atoms with Gasteiger partial charge in [-0.25, -0.2) is 9.59 Å². The van der Waals surface area contributed by atoms with Crippen molar-refractivity contribution in [2.24, 2.45) is 0 Å². The first kappa shape index (κ1) is 23.4. The number of aromatic nitrogens is 2. The van der Waals surface area contributed by atoms with Crippen molar-refractivity contribution in [3.05, 3.63) is 99.3 Å². The number of nitrogens with one attached hydrogen (secondary N) is 1. The Morgan fingerprint density at radius 1 is 1.03 bits per heavy atom. The lowest BCUT2D eigenvalue weighted by Gasteiger charge is -2.18. The number of rotatable bonds is 8. The van der Waals surface area contributed by atoms with Crippen LogP contribution < -0.4 is 25.5 Å². The largest absolute Gasteiger partial charge is 0.497 e. The molecule has 1 aliphatic heterocycles. The SMILES string of the molecule is COc1ccc(OC[C@H]2O[C@@H](n3ccc(=O)[nH]c3=O)C=C2CSC(=O)Oc2ccccc2)cc1. The minimum Gasteiger partial charge on any atom is -0.497 e. The Balaban J connectivity index is 1.46. The summed E-state index contributed by atoms with van der Waals surface area (Å²) in [4.78, 5) is 38.1.